The number of hydrogen-bond acceptors (Lipinski definition) is 5. The Morgan fingerprint density at radius 2 is 1.91 bits per heavy atom. The lowest BCUT2D eigenvalue weighted by Gasteiger charge is -2.37. The molecule has 4 rings (SSSR count). The first-order chi connectivity index (χ1) is 15.5. The molecule has 10 heteroatoms. The van der Waals surface area contributed by atoms with Crippen molar-refractivity contribution in [3.63, 3.8) is 0 Å². The van der Waals surface area contributed by atoms with Gasteiger partial charge in [0.05, 0.1) is 18.4 Å². The van der Waals surface area contributed by atoms with E-state index in [4.69, 9.17) is 4.74 Å². The van der Waals surface area contributed by atoms with Crippen molar-refractivity contribution in [3.05, 3.63) is 53.7 Å². The quantitative estimate of drug-likeness (QED) is 0.346. The summed E-state index contributed by atoms with van der Waals surface area (Å²) < 4.78 is 33.3. The summed E-state index contributed by atoms with van der Waals surface area (Å²) in [7, 11) is 1.76. The Labute approximate surface area is 210 Å². The Kier molecular flexibility index (Phi) is 9.07. The number of morpholine rings is 1. The average Bonchev–Trinajstić information content (AvgIpc) is 2.82. The van der Waals surface area contributed by atoms with Crippen LogP contribution in [0.3, 0.4) is 0 Å². The Morgan fingerprint density at radius 3 is 2.64 bits per heavy atom. The highest BCUT2D eigenvalue weighted by Gasteiger charge is 2.22. The van der Waals surface area contributed by atoms with Crippen LogP contribution in [0.15, 0.2) is 41.5 Å². The maximum absolute atomic E-state index is 14.1. The van der Waals surface area contributed by atoms with E-state index < -0.39 is 11.6 Å². The van der Waals surface area contributed by atoms with Gasteiger partial charge in [-0.25, -0.2) is 13.8 Å². The molecule has 0 radical (unpaired) electrons. The topological polar surface area (TPSA) is 56.2 Å². The van der Waals surface area contributed by atoms with Crippen LogP contribution in [0.5, 0.6) is 0 Å². The van der Waals surface area contributed by atoms with Crippen LogP contribution < -0.4 is 15.1 Å². The zero-order valence-corrected chi connectivity index (χ0v) is 21.3. The van der Waals surface area contributed by atoms with Crippen LogP contribution in [-0.4, -0.2) is 74.9 Å². The lowest BCUT2D eigenvalue weighted by Crippen LogP contribution is -2.52. The van der Waals surface area contributed by atoms with Gasteiger partial charge in [0, 0.05) is 65.1 Å². The standard InChI is InChI=1S/C23H30F2N6O.HI/c1-17-16-31(11-12-32-17)22-13-18(5-6-27-22)15-28-23(26-2)30-9-7-29(8-10-30)21-14-19(24)3-4-20(21)25;/h3-6,13-14,17H,7-12,15-16H2,1-2H3,(H,26,28);1H. The number of aliphatic imine (C=N–C) groups is 1. The zero-order valence-electron chi connectivity index (χ0n) is 19.0. The number of hydrogen-bond donors (Lipinski definition) is 1. The molecular weight excluding hydrogens is 541 g/mol. The molecule has 180 valence electrons. The predicted molar refractivity (Wildman–Crippen MR) is 138 cm³/mol. The number of aromatic nitrogens is 1. The van der Waals surface area contributed by atoms with Crippen LogP contribution in [0.1, 0.15) is 12.5 Å². The number of piperazine rings is 1. The van der Waals surface area contributed by atoms with E-state index >= 15 is 0 Å². The molecule has 2 fully saturated rings. The molecule has 1 aromatic carbocycles. The van der Waals surface area contributed by atoms with E-state index in [0.717, 1.165) is 36.5 Å². The number of anilines is 2. The third-order valence-electron chi connectivity index (χ3n) is 5.87. The van der Waals surface area contributed by atoms with Crippen molar-refractivity contribution < 1.29 is 13.5 Å². The van der Waals surface area contributed by atoms with Crippen molar-refractivity contribution >= 4 is 41.4 Å². The Balaban J connectivity index is 0.00000306. The van der Waals surface area contributed by atoms with Crippen molar-refractivity contribution in [2.24, 2.45) is 4.99 Å². The summed E-state index contributed by atoms with van der Waals surface area (Å²) in [6.45, 7) is 7.61. The fourth-order valence-electron chi connectivity index (χ4n) is 4.17. The number of nitrogens with zero attached hydrogens (tertiary/aromatic N) is 5. The monoisotopic (exact) mass is 572 g/mol. The minimum absolute atomic E-state index is 0. The molecule has 33 heavy (non-hydrogen) atoms. The van der Waals surface area contributed by atoms with Crippen LogP contribution in [0.4, 0.5) is 20.3 Å². The maximum atomic E-state index is 14.1. The van der Waals surface area contributed by atoms with Gasteiger partial charge in [0.1, 0.15) is 17.5 Å². The highest BCUT2D eigenvalue weighted by atomic mass is 127. The maximum Gasteiger partial charge on any atom is 0.194 e. The smallest absolute Gasteiger partial charge is 0.194 e. The molecule has 0 bridgehead atoms. The average molecular weight is 572 g/mol. The van der Waals surface area contributed by atoms with Gasteiger partial charge in [0.15, 0.2) is 5.96 Å². The molecule has 7 nitrogen and oxygen atoms in total. The van der Waals surface area contributed by atoms with Gasteiger partial charge in [-0.3, -0.25) is 4.99 Å². The number of benzene rings is 1. The first-order valence-corrected chi connectivity index (χ1v) is 11.0. The highest BCUT2D eigenvalue weighted by molar-refractivity contribution is 14.0. The molecule has 0 amide bonds. The largest absolute Gasteiger partial charge is 0.375 e. The van der Waals surface area contributed by atoms with Crippen LogP contribution in [-0.2, 0) is 11.3 Å². The number of halogens is 3. The Morgan fingerprint density at radius 1 is 1.12 bits per heavy atom. The van der Waals surface area contributed by atoms with Gasteiger partial charge in [-0.1, -0.05) is 0 Å². The van der Waals surface area contributed by atoms with Gasteiger partial charge < -0.3 is 24.8 Å². The summed E-state index contributed by atoms with van der Waals surface area (Å²) in [5.74, 6) is 0.929. The van der Waals surface area contributed by atoms with E-state index in [1.165, 1.54) is 12.1 Å². The Hall–Kier alpha value is -2.21. The summed E-state index contributed by atoms with van der Waals surface area (Å²) in [5, 5.41) is 3.42. The minimum Gasteiger partial charge on any atom is -0.375 e. The van der Waals surface area contributed by atoms with E-state index in [1.807, 2.05) is 17.2 Å². The molecular formula is C23H31F2IN6O. The minimum atomic E-state index is -0.426. The molecule has 0 spiro atoms. The first-order valence-electron chi connectivity index (χ1n) is 11.0. The molecule has 1 aromatic heterocycles. The first kappa shape index (κ1) is 25.4. The van der Waals surface area contributed by atoms with Crippen molar-refractivity contribution in [2.75, 3.05) is 62.7 Å². The summed E-state index contributed by atoms with van der Waals surface area (Å²) >= 11 is 0. The second-order valence-corrected chi connectivity index (χ2v) is 8.12. The Bertz CT molecular complexity index is 954. The van der Waals surface area contributed by atoms with Gasteiger partial charge in [0.25, 0.3) is 0 Å². The van der Waals surface area contributed by atoms with E-state index in [1.54, 1.807) is 7.05 Å². The van der Waals surface area contributed by atoms with E-state index in [9.17, 15) is 8.78 Å². The van der Waals surface area contributed by atoms with Gasteiger partial charge in [0.2, 0.25) is 0 Å². The van der Waals surface area contributed by atoms with Crippen LogP contribution in [0.25, 0.3) is 0 Å². The molecule has 2 aliphatic heterocycles. The fourth-order valence-corrected chi connectivity index (χ4v) is 4.17. The van der Waals surface area contributed by atoms with Gasteiger partial charge in [-0.15, -0.1) is 24.0 Å². The van der Waals surface area contributed by atoms with Crippen molar-refractivity contribution in [1.82, 2.24) is 15.2 Å². The van der Waals surface area contributed by atoms with Crippen LogP contribution in [0, 0.1) is 11.6 Å². The SMILES string of the molecule is CN=C(NCc1ccnc(N2CCOC(C)C2)c1)N1CCN(c2cc(F)ccc2F)CC1.I. The van der Waals surface area contributed by atoms with Crippen LogP contribution >= 0.6 is 24.0 Å². The van der Waals surface area contributed by atoms with E-state index in [-0.39, 0.29) is 30.1 Å². The number of guanidine groups is 1. The normalized spacial score (nSPS) is 19.3. The zero-order chi connectivity index (χ0) is 22.5. The molecule has 3 heterocycles. The molecule has 1 unspecified atom stereocenters. The molecule has 0 aliphatic carbocycles. The third-order valence-corrected chi connectivity index (χ3v) is 5.87. The van der Waals surface area contributed by atoms with Gasteiger partial charge in [-0.05, 0) is 36.8 Å². The highest BCUT2D eigenvalue weighted by Crippen LogP contribution is 2.22. The summed E-state index contributed by atoms with van der Waals surface area (Å²) in [4.78, 5) is 15.2. The number of rotatable bonds is 4. The third kappa shape index (κ3) is 6.44. The van der Waals surface area contributed by atoms with Crippen LogP contribution in [0.2, 0.25) is 0 Å². The lowest BCUT2D eigenvalue weighted by molar-refractivity contribution is 0.0529. The van der Waals surface area contributed by atoms with Crippen molar-refractivity contribution in [2.45, 2.75) is 19.6 Å². The predicted octanol–water partition coefficient (Wildman–Crippen LogP) is 3.10. The number of nitrogens with one attached hydrogen (secondary N) is 1. The molecule has 0 saturated carbocycles. The summed E-state index contributed by atoms with van der Waals surface area (Å²) in [5.41, 5.74) is 1.44. The summed E-state index contributed by atoms with van der Waals surface area (Å²) in [6, 6.07) is 7.68. The van der Waals surface area contributed by atoms with E-state index in [2.05, 4.69) is 38.1 Å². The fraction of sp³-hybridized carbons (Fsp3) is 0.478. The van der Waals surface area contributed by atoms with Crippen molar-refractivity contribution in [3.8, 4) is 0 Å². The van der Waals surface area contributed by atoms with Gasteiger partial charge >= 0.3 is 0 Å². The molecule has 2 aliphatic rings. The summed E-state index contributed by atoms with van der Waals surface area (Å²) in [6.07, 6.45) is 2.03. The number of ether oxygens (including phenoxy) is 1. The second-order valence-electron chi connectivity index (χ2n) is 8.12. The molecule has 1 N–H and O–H groups in total. The molecule has 1 atom stereocenters. The molecule has 2 saturated heterocycles. The van der Waals surface area contributed by atoms with Gasteiger partial charge in [-0.2, -0.15) is 0 Å². The number of pyridine rings is 1. The lowest BCUT2D eigenvalue weighted by atomic mass is 10.2. The molecule has 2 aromatic rings. The second kappa shape index (κ2) is 11.8. The van der Waals surface area contributed by atoms with E-state index in [0.29, 0.717) is 45.0 Å². The van der Waals surface area contributed by atoms with Crippen molar-refractivity contribution in [1.29, 1.82) is 0 Å².